The SMILES string of the molecule is C.C.CN1CCN(c2ccc(Nc3nc(N)c(C(=O)c4ccc(N5CCCC5)c(N)c4)s3)cc2)CC1.CN1CCN(c2ccc(Nc3nc(N)c(C(=O)c4ccc(N5CCCC5)c([N+](=O)[O-])c4)s3)cc2)CC1. The molecular formula is C52H68N14O4S2. The fourth-order valence-electron chi connectivity index (χ4n) is 9.22. The Kier molecular flexibility index (Phi) is 17.2. The van der Waals surface area contributed by atoms with Gasteiger partial charge in [0.2, 0.25) is 11.6 Å². The number of nitro groups is 1. The number of benzene rings is 4. The normalized spacial score (nSPS) is 16.1. The first-order chi connectivity index (χ1) is 33.9. The van der Waals surface area contributed by atoms with Crippen molar-refractivity contribution in [2.24, 2.45) is 0 Å². The Morgan fingerprint density at radius 1 is 0.542 bits per heavy atom. The number of nitrogens with zero attached hydrogens (tertiary/aromatic N) is 9. The van der Waals surface area contributed by atoms with Crippen LogP contribution in [-0.2, 0) is 0 Å². The quantitative estimate of drug-likeness (QED) is 0.0315. The molecule has 10 rings (SSSR count). The molecule has 4 aliphatic heterocycles. The smallest absolute Gasteiger partial charge is 0.293 e. The van der Waals surface area contributed by atoms with Crippen LogP contribution in [0.2, 0.25) is 0 Å². The first kappa shape index (κ1) is 52.8. The Balaban J connectivity index is 0.000000206. The lowest BCUT2D eigenvalue weighted by molar-refractivity contribution is -0.384. The van der Waals surface area contributed by atoms with Crippen LogP contribution in [0.5, 0.6) is 0 Å². The van der Waals surface area contributed by atoms with E-state index < -0.39 is 4.92 Å². The maximum absolute atomic E-state index is 13.2. The van der Waals surface area contributed by atoms with Crippen molar-refractivity contribution in [1.82, 2.24) is 19.8 Å². The molecule has 18 nitrogen and oxygen atoms in total. The zero-order valence-corrected chi connectivity index (χ0v) is 41.2. The number of likely N-dealkylation sites (N-methyl/N-ethyl adjacent to an activating group) is 2. The molecule has 0 aliphatic carbocycles. The fraction of sp³-hybridized carbons (Fsp3) is 0.385. The minimum Gasteiger partial charge on any atom is -0.397 e. The highest BCUT2D eigenvalue weighted by Gasteiger charge is 2.27. The molecule has 0 saturated carbocycles. The van der Waals surface area contributed by atoms with Gasteiger partial charge in [0.25, 0.3) is 5.69 Å². The van der Waals surface area contributed by atoms with Crippen molar-refractivity contribution < 1.29 is 14.5 Å². The van der Waals surface area contributed by atoms with Gasteiger partial charge in [-0.1, -0.05) is 37.5 Å². The summed E-state index contributed by atoms with van der Waals surface area (Å²) in [5.74, 6) is -0.200. The molecule has 8 N–H and O–H groups in total. The Hall–Kier alpha value is -7.00. The number of aromatic nitrogens is 2. The Morgan fingerprint density at radius 2 is 0.931 bits per heavy atom. The number of nitrogens with one attached hydrogen (secondary N) is 2. The van der Waals surface area contributed by atoms with Gasteiger partial charge in [-0.3, -0.25) is 19.7 Å². The Bertz CT molecular complexity index is 2810. The van der Waals surface area contributed by atoms with Gasteiger partial charge in [-0.15, -0.1) is 0 Å². The maximum atomic E-state index is 13.2. The first-order valence-corrected chi connectivity index (χ1v) is 25.4. The van der Waals surface area contributed by atoms with Crippen LogP contribution in [0.25, 0.3) is 0 Å². The van der Waals surface area contributed by atoms with Crippen LogP contribution in [-0.4, -0.2) is 129 Å². The van der Waals surface area contributed by atoms with E-state index in [1.807, 2.05) is 41.3 Å². The lowest BCUT2D eigenvalue weighted by Gasteiger charge is -2.34. The third-order valence-electron chi connectivity index (χ3n) is 13.3. The molecule has 0 bridgehead atoms. The van der Waals surface area contributed by atoms with E-state index >= 15 is 0 Å². The number of hydrogen-bond acceptors (Lipinski definition) is 19. The van der Waals surface area contributed by atoms with Gasteiger partial charge in [-0.2, -0.15) is 0 Å². The summed E-state index contributed by atoms with van der Waals surface area (Å²) in [6, 6.07) is 26.5. The van der Waals surface area contributed by atoms with Gasteiger partial charge in [0.15, 0.2) is 10.3 Å². The number of hydrogen-bond donors (Lipinski definition) is 5. The van der Waals surface area contributed by atoms with Crippen LogP contribution in [0, 0.1) is 10.1 Å². The number of carbonyl (C=O) groups excluding carboxylic acids is 2. The van der Waals surface area contributed by atoms with Crippen LogP contribution < -0.4 is 47.4 Å². The van der Waals surface area contributed by atoms with E-state index in [2.05, 4.69) is 83.5 Å². The monoisotopic (exact) mass is 1020 g/mol. The molecule has 4 fully saturated rings. The number of nitrogens with two attached hydrogens (primary N) is 3. The highest BCUT2D eigenvalue weighted by atomic mass is 32.1. The summed E-state index contributed by atoms with van der Waals surface area (Å²) in [7, 11) is 4.29. The van der Waals surface area contributed by atoms with Gasteiger partial charge in [0.05, 0.1) is 16.3 Å². The lowest BCUT2D eigenvalue weighted by atomic mass is 10.1. The topological polar surface area (TPSA) is 225 Å². The number of rotatable bonds is 13. The predicted molar refractivity (Wildman–Crippen MR) is 299 cm³/mol. The number of piperazine rings is 2. The van der Waals surface area contributed by atoms with Gasteiger partial charge in [0.1, 0.15) is 27.1 Å². The van der Waals surface area contributed by atoms with E-state index in [4.69, 9.17) is 17.2 Å². The molecule has 6 heterocycles. The van der Waals surface area contributed by atoms with Crippen molar-refractivity contribution >= 4 is 102 Å². The molecule has 0 atom stereocenters. The number of nitrogen functional groups attached to an aromatic ring is 3. The Labute approximate surface area is 430 Å². The molecule has 4 saturated heterocycles. The summed E-state index contributed by atoms with van der Waals surface area (Å²) >= 11 is 2.40. The van der Waals surface area contributed by atoms with Crippen molar-refractivity contribution in [3.63, 3.8) is 0 Å². The van der Waals surface area contributed by atoms with Crippen LogP contribution in [0.1, 0.15) is 71.0 Å². The number of thiazole rings is 2. The zero-order valence-electron chi connectivity index (χ0n) is 39.6. The molecule has 4 aliphatic rings. The van der Waals surface area contributed by atoms with E-state index in [1.54, 1.807) is 18.2 Å². The number of anilines is 11. The Morgan fingerprint density at radius 3 is 1.33 bits per heavy atom. The summed E-state index contributed by atoms with van der Waals surface area (Å²) in [6.45, 7) is 11.8. The molecule has 20 heteroatoms. The van der Waals surface area contributed by atoms with Crippen LogP contribution in [0.3, 0.4) is 0 Å². The van der Waals surface area contributed by atoms with E-state index in [0.29, 0.717) is 32.1 Å². The predicted octanol–water partition coefficient (Wildman–Crippen LogP) is 8.87. The number of carbonyl (C=O) groups is 2. The average molecular weight is 1020 g/mol. The minimum atomic E-state index is -0.431. The number of ketones is 2. The molecule has 382 valence electrons. The maximum Gasteiger partial charge on any atom is 0.293 e. The van der Waals surface area contributed by atoms with Crippen molar-refractivity contribution in [1.29, 1.82) is 0 Å². The third-order valence-corrected chi connectivity index (χ3v) is 15.3. The standard InChI is InChI=1S/C25H29N7O3S.C25H31N7OS.2CH4/c1-29-12-14-30(15-13-29)19-7-5-18(6-8-19)27-25-28-24(26)23(36-25)22(33)17-4-9-20(21(16-17)32(34)35)31-10-2-3-11-31;1-30-12-14-31(15-13-30)19-7-5-18(6-8-19)28-25-29-24(27)23(34-25)22(33)17-4-9-21(20(26)16-17)32-10-2-3-11-32;;/h4-9,16H,2-3,10-15,26H2,1H3,(H,27,28);4-9,16H,2-3,10-15,26-27H2,1H3,(H,28,29);2*1H4. The molecule has 2 aromatic heterocycles. The van der Waals surface area contributed by atoms with Gasteiger partial charge in [0, 0.05) is 118 Å². The number of nitro benzene ring substituents is 1. The molecule has 6 aromatic rings. The molecule has 4 aromatic carbocycles. The van der Waals surface area contributed by atoms with Crippen LogP contribution in [0.4, 0.5) is 67.4 Å². The van der Waals surface area contributed by atoms with Crippen LogP contribution in [0.15, 0.2) is 84.9 Å². The molecular weight excluding hydrogens is 949 g/mol. The zero-order chi connectivity index (χ0) is 48.9. The molecule has 0 amide bonds. The summed E-state index contributed by atoms with van der Waals surface area (Å²) in [5.41, 5.74) is 25.5. The molecule has 72 heavy (non-hydrogen) atoms. The second-order valence-corrected chi connectivity index (χ2v) is 20.2. The van der Waals surface area contributed by atoms with Crippen molar-refractivity contribution in [2.45, 2.75) is 40.5 Å². The molecule has 0 radical (unpaired) electrons. The van der Waals surface area contributed by atoms with E-state index in [-0.39, 0.29) is 54.2 Å². The summed E-state index contributed by atoms with van der Waals surface area (Å²) < 4.78 is 0. The largest absolute Gasteiger partial charge is 0.397 e. The van der Waals surface area contributed by atoms with Crippen LogP contribution >= 0.6 is 22.7 Å². The average Bonchev–Trinajstić information content (AvgIpc) is 4.22. The van der Waals surface area contributed by atoms with Gasteiger partial charge < -0.3 is 57.2 Å². The highest BCUT2D eigenvalue weighted by Crippen LogP contribution is 2.36. The third kappa shape index (κ3) is 12.2. The fourth-order valence-corrected chi connectivity index (χ4v) is 11.0. The molecule has 0 spiro atoms. The van der Waals surface area contributed by atoms with Crippen molar-refractivity contribution in [3.05, 3.63) is 116 Å². The van der Waals surface area contributed by atoms with E-state index in [9.17, 15) is 19.7 Å². The molecule has 0 unspecified atom stereocenters. The van der Waals surface area contributed by atoms with Gasteiger partial charge in [-0.25, -0.2) is 9.97 Å². The van der Waals surface area contributed by atoms with Gasteiger partial charge in [-0.05, 0) is 119 Å². The lowest BCUT2D eigenvalue weighted by Crippen LogP contribution is -2.44. The van der Waals surface area contributed by atoms with Gasteiger partial charge >= 0.3 is 0 Å². The second kappa shape index (κ2) is 23.5. The van der Waals surface area contributed by atoms with E-state index in [0.717, 1.165) is 120 Å². The van der Waals surface area contributed by atoms with Crippen molar-refractivity contribution in [3.8, 4) is 0 Å². The summed E-state index contributed by atoms with van der Waals surface area (Å²) in [6.07, 6.45) is 4.35. The summed E-state index contributed by atoms with van der Waals surface area (Å²) in [4.78, 5) is 60.7. The first-order valence-electron chi connectivity index (χ1n) is 23.8. The van der Waals surface area contributed by atoms with Crippen molar-refractivity contribution in [2.75, 3.05) is 140 Å². The minimum absolute atomic E-state index is 0. The highest BCUT2D eigenvalue weighted by molar-refractivity contribution is 7.18. The second-order valence-electron chi connectivity index (χ2n) is 18.2. The summed E-state index contributed by atoms with van der Waals surface area (Å²) in [5, 5.41) is 19.3. The van der Waals surface area contributed by atoms with E-state index in [1.165, 1.54) is 41.6 Å².